The molecule has 0 spiro atoms. The Morgan fingerprint density at radius 3 is 2.58 bits per heavy atom. The third-order valence-electron chi connectivity index (χ3n) is 3.38. The first kappa shape index (κ1) is 17.6. The second-order valence-corrected chi connectivity index (χ2v) is 6.58. The molecule has 2 amide bonds. The van der Waals surface area contributed by atoms with Crippen LogP contribution in [-0.2, 0) is 4.74 Å². The highest BCUT2D eigenvalue weighted by molar-refractivity contribution is 5.97. The molecule has 1 aliphatic heterocycles. The van der Waals surface area contributed by atoms with Crippen LogP contribution >= 0.6 is 0 Å². The van der Waals surface area contributed by atoms with Gasteiger partial charge in [0.25, 0.3) is 11.5 Å². The van der Waals surface area contributed by atoms with E-state index in [1.54, 1.807) is 20.8 Å². The van der Waals surface area contributed by atoms with Crippen molar-refractivity contribution in [1.29, 1.82) is 0 Å². The fourth-order valence-electron chi connectivity index (χ4n) is 2.30. The number of nitrogen functional groups attached to an aromatic ring is 1. The van der Waals surface area contributed by atoms with E-state index in [1.165, 1.54) is 4.90 Å². The van der Waals surface area contributed by atoms with Crippen LogP contribution in [0.25, 0.3) is 0 Å². The summed E-state index contributed by atoms with van der Waals surface area (Å²) in [4.78, 5) is 52.5. The summed E-state index contributed by atoms with van der Waals surface area (Å²) in [7, 11) is 0. The third kappa shape index (κ3) is 4.15. The number of nitrogens with one attached hydrogen (secondary N) is 3. The highest BCUT2D eigenvalue weighted by Gasteiger charge is 2.31. The predicted octanol–water partition coefficient (Wildman–Crippen LogP) is -0.615. The largest absolute Gasteiger partial charge is 0.444 e. The first-order valence-electron chi connectivity index (χ1n) is 7.47. The lowest BCUT2D eigenvalue weighted by molar-refractivity contribution is 0.0290. The van der Waals surface area contributed by atoms with E-state index in [1.807, 2.05) is 4.98 Å². The van der Waals surface area contributed by atoms with Crippen LogP contribution in [0, 0.1) is 0 Å². The average Bonchev–Trinajstić information content (AvgIpc) is 2.89. The molecule has 0 radical (unpaired) electrons. The zero-order valence-corrected chi connectivity index (χ0v) is 13.8. The molecule has 1 aromatic rings. The number of carbonyl (C=O) groups is 2. The summed E-state index contributed by atoms with van der Waals surface area (Å²) in [5.41, 5.74) is 2.61. The standard InChI is InChI=1S/C14H21N5O5/c1-14(2,3)24-13(23)19-5-4-7(6-19)16-11(21)9-8(15)10(20)18-12(22)17-9/h7H,4-6,15H2,1-3H3,(H,16,21)(H2,17,18,20,22). The third-order valence-corrected chi connectivity index (χ3v) is 3.38. The Labute approximate surface area is 137 Å². The smallest absolute Gasteiger partial charge is 0.410 e. The van der Waals surface area contributed by atoms with Gasteiger partial charge in [0.15, 0.2) is 0 Å². The van der Waals surface area contributed by atoms with Gasteiger partial charge in [-0.1, -0.05) is 0 Å². The van der Waals surface area contributed by atoms with Gasteiger partial charge in [0.1, 0.15) is 17.0 Å². The van der Waals surface area contributed by atoms with Gasteiger partial charge in [0.2, 0.25) is 0 Å². The summed E-state index contributed by atoms with van der Waals surface area (Å²) >= 11 is 0. The number of hydrogen-bond donors (Lipinski definition) is 4. The van der Waals surface area contributed by atoms with Crippen molar-refractivity contribution >= 4 is 17.7 Å². The molecule has 10 heteroatoms. The molecule has 1 aromatic heterocycles. The fourth-order valence-corrected chi connectivity index (χ4v) is 2.30. The Kier molecular flexibility index (Phi) is 4.67. The van der Waals surface area contributed by atoms with Crippen molar-refractivity contribution in [2.75, 3.05) is 18.8 Å². The van der Waals surface area contributed by atoms with E-state index in [0.29, 0.717) is 13.0 Å². The van der Waals surface area contributed by atoms with Gasteiger partial charge in [-0.3, -0.25) is 14.6 Å². The van der Waals surface area contributed by atoms with Crippen LogP contribution in [0.2, 0.25) is 0 Å². The van der Waals surface area contributed by atoms with Gasteiger partial charge < -0.3 is 25.7 Å². The molecule has 1 unspecified atom stereocenters. The minimum absolute atomic E-state index is 0.272. The summed E-state index contributed by atoms with van der Waals surface area (Å²) < 4.78 is 5.27. The summed E-state index contributed by atoms with van der Waals surface area (Å²) in [6.45, 7) is 6.01. The molecule has 132 valence electrons. The van der Waals surface area contributed by atoms with E-state index in [4.69, 9.17) is 10.5 Å². The second kappa shape index (κ2) is 6.38. The lowest BCUT2D eigenvalue weighted by atomic mass is 10.2. The molecule has 1 fully saturated rings. The van der Waals surface area contributed by atoms with Crippen LogP contribution in [0.15, 0.2) is 9.59 Å². The van der Waals surface area contributed by atoms with E-state index in [9.17, 15) is 19.2 Å². The average molecular weight is 339 g/mol. The monoisotopic (exact) mass is 339 g/mol. The fraction of sp³-hybridized carbons (Fsp3) is 0.571. The molecular weight excluding hydrogens is 318 g/mol. The Balaban J connectivity index is 2.01. The molecule has 5 N–H and O–H groups in total. The summed E-state index contributed by atoms with van der Waals surface area (Å²) in [5, 5.41) is 2.65. The highest BCUT2D eigenvalue weighted by atomic mass is 16.6. The van der Waals surface area contributed by atoms with Crippen LogP contribution < -0.4 is 22.3 Å². The number of likely N-dealkylation sites (tertiary alicyclic amines) is 1. The highest BCUT2D eigenvalue weighted by Crippen LogP contribution is 2.15. The number of nitrogens with two attached hydrogens (primary N) is 1. The van der Waals surface area contributed by atoms with E-state index >= 15 is 0 Å². The number of amides is 2. The summed E-state index contributed by atoms with van der Waals surface area (Å²) in [5.74, 6) is -0.674. The van der Waals surface area contributed by atoms with E-state index < -0.39 is 28.9 Å². The van der Waals surface area contributed by atoms with Crippen LogP contribution in [0.4, 0.5) is 10.5 Å². The zero-order valence-electron chi connectivity index (χ0n) is 13.8. The van der Waals surface area contributed by atoms with Crippen LogP contribution in [0.3, 0.4) is 0 Å². The number of ether oxygens (including phenoxy) is 1. The predicted molar refractivity (Wildman–Crippen MR) is 85.8 cm³/mol. The van der Waals surface area contributed by atoms with Gasteiger partial charge in [0, 0.05) is 19.1 Å². The van der Waals surface area contributed by atoms with Crippen LogP contribution in [-0.4, -0.2) is 51.6 Å². The van der Waals surface area contributed by atoms with Crippen molar-refractivity contribution in [3.63, 3.8) is 0 Å². The number of aromatic nitrogens is 2. The SMILES string of the molecule is CC(C)(C)OC(=O)N1CCC(NC(=O)c2[nH]c(=O)[nH]c(=O)c2N)C1. The molecular formula is C14H21N5O5. The van der Waals surface area contributed by atoms with Crippen LogP contribution in [0.1, 0.15) is 37.7 Å². The minimum Gasteiger partial charge on any atom is -0.444 e. The lowest BCUT2D eigenvalue weighted by Gasteiger charge is -2.24. The Morgan fingerprint density at radius 1 is 1.29 bits per heavy atom. The molecule has 0 bridgehead atoms. The maximum absolute atomic E-state index is 12.2. The molecule has 2 rings (SSSR count). The molecule has 0 aromatic carbocycles. The molecule has 0 saturated carbocycles. The van der Waals surface area contributed by atoms with Gasteiger partial charge >= 0.3 is 11.8 Å². The molecule has 10 nitrogen and oxygen atoms in total. The number of hydrogen-bond acceptors (Lipinski definition) is 6. The summed E-state index contributed by atoms with van der Waals surface area (Å²) in [6, 6.07) is -0.327. The molecule has 1 aliphatic rings. The number of aromatic amines is 2. The Bertz CT molecular complexity index is 760. The van der Waals surface area contributed by atoms with Crippen molar-refractivity contribution in [2.24, 2.45) is 0 Å². The topological polar surface area (TPSA) is 150 Å². The van der Waals surface area contributed by atoms with Gasteiger partial charge in [-0.05, 0) is 27.2 Å². The summed E-state index contributed by atoms with van der Waals surface area (Å²) in [6.07, 6.45) is 0.0708. The minimum atomic E-state index is -0.828. The van der Waals surface area contributed by atoms with Crippen molar-refractivity contribution < 1.29 is 14.3 Å². The number of H-pyrrole nitrogens is 2. The van der Waals surface area contributed by atoms with Crippen LogP contribution in [0.5, 0.6) is 0 Å². The number of carbonyl (C=O) groups excluding carboxylic acids is 2. The van der Waals surface area contributed by atoms with Crippen molar-refractivity contribution in [3.05, 3.63) is 26.5 Å². The quantitative estimate of drug-likeness (QED) is 0.564. The Morgan fingerprint density at radius 2 is 1.96 bits per heavy atom. The number of nitrogens with zero attached hydrogens (tertiary/aromatic N) is 1. The zero-order chi connectivity index (χ0) is 18.1. The van der Waals surface area contributed by atoms with Gasteiger partial charge in [-0.2, -0.15) is 0 Å². The van der Waals surface area contributed by atoms with E-state index in [2.05, 4.69) is 10.3 Å². The normalized spacial score (nSPS) is 17.6. The van der Waals surface area contributed by atoms with Crippen molar-refractivity contribution in [2.45, 2.75) is 38.8 Å². The molecule has 2 heterocycles. The van der Waals surface area contributed by atoms with Gasteiger partial charge in [-0.25, -0.2) is 9.59 Å². The van der Waals surface area contributed by atoms with Crippen molar-refractivity contribution in [1.82, 2.24) is 20.2 Å². The maximum Gasteiger partial charge on any atom is 0.410 e. The van der Waals surface area contributed by atoms with Gasteiger partial charge in [0.05, 0.1) is 0 Å². The first-order valence-corrected chi connectivity index (χ1v) is 7.47. The maximum atomic E-state index is 12.2. The molecule has 24 heavy (non-hydrogen) atoms. The van der Waals surface area contributed by atoms with E-state index in [0.717, 1.165) is 0 Å². The lowest BCUT2D eigenvalue weighted by Crippen LogP contribution is -2.41. The first-order chi connectivity index (χ1) is 11.1. The molecule has 1 saturated heterocycles. The molecule has 0 aliphatic carbocycles. The Hall–Kier alpha value is -2.78. The second-order valence-electron chi connectivity index (χ2n) is 6.58. The van der Waals surface area contributed by atoms with Gasteiger partial charge in [-0.15, -0.1) is 0 Å². The molecule has 1 atom stereocenters. The number of rotatable bonds is 2. The van der Waals surface area contributed by atoms with E-state index in [-0.39, 0.29) is 24.0 Å². The number of anilines is 1. The van der Waals surface area contributed by atoms with Crippen molar-refractivity contribution in [3.8, 4) is 0 Å².